The summed E-state index contributed by atoms with van der Waals surface area (Å²) in [6, 6.07) is 0.161. The average molecular weight is 369 g/mol. The van der Waals surface area contributed by atoms with E-state index in [0.29, 0.717) is 12.3 Å². The third-order valence-corrected chi connectivity index (χ3v) is 7.08. The molecule has 2 saturated heterocycles. The molecule has 0 bridgehead atoms. The summed E-state index contributed by atoms with van der Waals surface area (Å²) in [5.41, 5.74) is 1.19. The lowest BCUT2D eigenvalue weighted by atomic mass is 9.94. The molecule has 1 N–H and O–H groups in total. The van der Waals surface area contributed by atoms with Crippen LogP contribution < -0.4 is 5.32 Å². The number of hydrogen-bond acceptors (Lipinski definition) is 5. The van der Waals surface area contributed by atoms with Gasteiger partial charge in [-0.2, -0.15) is 5.10 Å². The summed E-state index contributed by atoms with van der Waals surface area (Å²) in [5.74, 6) is 0.810. The highest BCUT2D eigenvalue weighted by Gasteiger charge is 2.35. The molecule has 0 unspecified atom stereocenters. The molecule has 25 heavy (non-hydrogen) atoms. The van der Waals surface area contributed by atoms with Crippen molar-refractivity contribution in [3.05, 3.63) is 18.0 Å². The van der Waals surface area contributed by atoms with Crippen molar-refractivity contribution < 1.29 is 13.2 Å². The van der Waals surface area contributed by atoms with Crippen LogP contribution in [0.25, 0.3) is 0 Å². The number of aryl methyl sites for hydroxylation is 2. The second-order valence-electron chi connectivity index (χ2n) is 7.28. The molecule has 0 aromatic carbocycles. The van der Waals surface area contributed by atoms with Crippen LogP contribution >= 0.6 is 0 Å². The number of carbonyl (C=O) groups is 1. The van der Waals surface area contributed by atoms with Gasteiger partial charge in [0.15, 0.2) is 9.84 Å². The zero-order valence-corrected chi connectivity index (χ0v) is 15.7. The molecule has 0 saturated carbocycles. The highest BCUT2D eigenvalue weighted by atomic mass is 32.2. The number of sulfone groups is 1. The molecule has 2 fully saturated rings. The van der Waals surface area contributed by atoms with Crippen molar-refractivity contribution in [1.82, 2.24) is 20.0 Å². The maximum atomic E-state index is 12.3. The molecule has 3 rings (SSSR count). The van der Waals surface area contributed by atoms with Crippen LogP contribution in [0.1, 0.15) is 31.2 Å². The maximum Gasteiger partial charge on any atom is 0.223 e. The number of hydrogen-bond donors (Lipinski definition) is 1. The lowest BCUT2D eigenvalue weighted by Crippen LogP contribution is -2.45. The molecule has 1 amide bonds. The summed E-state index contributed by atoms with van der Waals surface area (Å²) >= 11 is 0. The molecule has 2 aliphatic rings. The van der Waals surface area contributed by atoms with Crippen molar-refractivity contribution in [3.63, 3.8) is 0 Å². The molecule has 0 aliphatic carbocycles. The van der Waals surface area contributed by atoms with Crippen molar-refractivity contribution in [3.8, 4) is 0 Å². The zero-order chi connectivity index (χ0) is 17.9. The summed E-state index contributed by atoms with van der Waals surface area (Å²) in [7, 11) is -0.937. The second kappa shape index (κ2) is 7.86. The number of amides is 1. The van der Waals surface area contributed by atoms with Crippen molar-refractivity contribution >= 4 is 15.7 Å². The summed E-state index contributed by atoms with van der Waals surface area (Å²) in [4.78, 5) is 14.6. The molecular formula is C17H28N4O3S. The Hall–Kier alpha value is -1.41. The minimum Gasteiger partial charge on any atom is -0.356 e. The normalized spacial score (nSPS) is 24.4. The van der Waals surface area contributed by atoms with Crippen molar-refractivity contribution in [2.45, 2.75) is 38.1 Å². The van der Waals surface area contributed by atoms with Crippen LogP contribution in [0.5, 0.6) is 0 Å². The molecule has 7 nitrogen and oxygen atoms in total. The maximum absolute atomic E-state index is 12.3. The quantitative estimate of drug-likeness (QED) is 0.734. The Labute approximate surface area is 149 Å². The van der Waals surface area contributed by atoms with Crippen LogP contribution in [0.2, 0.25) is 0 Å². The number of aromatic nitrogens is 2. The lowest BCUT2D eigenvalue weighted by Gasteiger charge is -2.34. The Morgan fingerprint density at radius 1 is 1.32 bits per heavy atom. The number of piperidine rings is 1. The van der Waals surface area contributed by atoms with E-state index >= 15 is 0 Å². The fourth-order valence-electron chi connectivity index (χ4n) is 3.84. The van der Waals surface area contributed by atoms with Gasteiger partial charge < -0.3 is 5.32 Å². The van der Waals surface area contributed by atoms with Crippen molar-refractivity contribution in [2.24, 2.45) is 13.0 Å². The van der Waals surface area contributed by atoms with Crippen LogP contribution in [0, 0.1) is 5.92 Å². The molecule has 3 heterocycles. The first-order chi connectivity index (χ1) is 11.9. The van der Waals surface area contributed by atoms with E-state index in [9.17, 15) is 13.2 Å². The van der Waals surface area contributed by atoms with Gasteiger partial charge in [0.2, 0.25) is 5.91 Å². The third kappa shape index (κ3) is 5.04. The number of carbonyl (C=O) groups excluding carboxylic acids is 1. The predicted molar refractivity (Wildman–Crippen MR) is 95.9 cm³/mol. The molecule has 2 aliphatic heterocycles. The Kier molecular flexibility index (Phi) is 5.78. The van der Waals surface area contributed by atoms with E-state index in [4.69, 9.17) is 0 Å². The van der Waals surface area contributed by atoms with E-state index < -0.39 is 9.84 Å². The van der Waals surface area contributed by atoms with E-state index in [1.54, 1.807) is 4.68 Å². The Morgan fingerprint density at radius 2 is 2.08 bits per heavy atom. The Morgan fingerprint density at radius 3 is 2.68 bits per heavy atom. The highest BCUT2D eigenvalue weighted by molar-refractivity contribution is 7.91. The first kappa shape index (κ1) is 18.4. The van der Waals surface area contributed by atoms with Crippen LogP contribution in [0.3, 0.4) is 0 Å². The minimum absolute atomic E-state index is 0.0626. The van der Waals surface area contributed by atoms with Crippen LogP contribution in [0.15, 0.2) is 12.4 Å². The SMILES string of the molecule is Cn1cc(CCCNC(=O)C2CCN([C@H]3CCS(=O)(=O)C3)CC2)cn1. The number of rotatable bonds is 6. The topological polar surface area (TPSA) is 84.3 Å². The molecule has 1 aromatic rings. The standard InChI is InChI=1S/C17H28N4O3S/c1-20-12-14(11-19-20)3-2-7-18-17(22)15-4-8-21(9-5-15)16-6-10-25(23,24)13-16/h11-12,15-16H,2-10,13H2,1H3,(H,18,22)/t16-/m0/s1. The van der Waals surface area contributed by atoms with Gasteiger partial charge >= 0.3 is 0 Å². The fourth-order valence-corrected chi connectivity index (χ4v) is 5.60. The van der Waals surface area contributed by atoms with Gasteiger partial charge in [0.1, 0.15) is 0 Å². The first-order valence-electron chi connectivity index (χ1n) is 9.13. The van der Waals surface area contributed by atoms with E-state index in [0.717, 1.165) is 45.2 Å². The van der Waals surface area contributed by atoms with E-state index in [1.165, 1.54) is 5.56 Å². The van der Waals surface area contributed by atoms with Gasteiger partial charge in [0.25, 0.3) is 0 Å². The number of nitrogens with one attached hydrogen (secondary N) is 1. The van der Waals surface area contributed by atoms with E-state index in [1.807, 2.05) is 19.4 Å². The van der Waals surface area contributed by atoms with Crippen LogP contribution in [-0.2, 0) is 28.1 Å². The van der Waals surface area contributed by atoms with E-state index in [-0.39, 0.29) is 23.6 Å². The zero-order valence-electron chi connectivity index (χ0n) is 14.9. The number of nitrogens with zero attached hydrogens (tertiary/aromatic N) is 3. The predicted octanol–water partition coefficient (Wildman–Crippen LogP) is 0.368. The molecule has 1 atom stereocenters. The summed E-state index contributed by atoms with van der Waals surface area (Å²) < 4.78 is 25.0. The summed E-state index contributed by atoms with van der Waals surface area (Å²) in [5, 5.41) is 7.19. The van der Waals surface area contributed by atoms with Gasteiger partial charge in [0, 0.05) is 31.7 Å². The largest absolute Gasteiger partial charge is 0.356 e. The Balaban J connectivity index is 1.34. The molecule has 0 spiro atoms. The fraction of sp³-hybridized carbons (Fsp3) is 0.765. The van der Waals surface area contributed by atoms with Crippen LogP contribution in [-0.4, -0.2) is 66.2 Å². The van der Waals surface area contributed by atoms with Gasteiger partial charge in [0.05, 0.1) is 17.7 Å². The van der Waals surface area contributed by atoms with Crippen molar-refractivity contribution in [1.29, 1.82) is 0 Å². The highest BCUT2D eigenvalue weighted by Crippen LogP contribution is 2.24. The average Bonchev–Trinajstić information content (AvgIpc) is 3.16. The summed E-state index contributed by atoms with van der Waals surface area (Å²) in [6.45, 7) is 2.34. The van der Waals surface area contributed by atoms with Gasteiger partial charge in [-0.1, -0.05) is 0 Å². The third-order valence-electron chi connectivity index (χ3n) is 5.32. The smallest absolute Gasteiger partial charge is 0.223 e. The van der Waals surface area contributed by atoms with Crippen LogP contribution in [0.4, 0.5) is 0 Å². The molecule has 0 radical (unpaired) electrons. The second-order valence-corrected chi connectivity index (χ2v) is 9.51. The monoisotopic (exact) mass is 368 g/mol. The van der Waals surface area contributed by atoms with E-state index in [2.05, 4.69) is 15.3 Å². The van der Waals surface area contributed by atoms with Gasteiger partial charge in [-0.15, -0.1) is 0 Å². The number of likely N-dealkylation sites (tertiary alicyclic amines) is 1. The van der Waals surface area contributed by atoms with Gasteiger partial charge in [-0.25, -0.2) is 8.42 Å². The van der Waals surface area contributed by atoms with Crippen molar-refractivity contribution in [2.75, 3.05) is 31.1 Å². The molecule has 140 valence electrons. The molecule has 8 heteroatoms. The van der Waals surface area contributed by atoms with Gasteiger partial charge in [-0.3, -0.25) is 14.4 Å². The van der Waals surface area contributed by atoms with Gasteiger partial charge in [-0.05, 0) is 50.8 Å². The molecule has 1 aromatic heterocycles. The molecular weight excluding hydrogens is 340 g/mol. The lowest BCUT2D eigenvalue weighted by molar-refractivity contribution is -0.126. The first-order valence-corrected chi connectivity index (χ1v) is 10.9. The Bertz CT molecular complexity index is 693. The minimum atomic E-state index is -2.84. The summed E-state index contributed by atoms with van der Waals surface area (Å²) in [6.07, 6.45) is 8.09.